The summed E-state index contributed by atoms with van der Waals surface area (Å²) >= 11 is 14.0. The van der Waals surface area contributed by atoms with Gasteiger partial charge in [0.1, 0.15) is 0 Å². The number of benzene rings is 3. The molecule has 0 saturated carbocycles. The summed E-state index contributed by atoms with van der Waals surface area (Å²) in [7, 11) is 0. The zero-order chi connectivity index (χ0) is 16.8. The zero-order valence-electron chi connectivity index (χ0n) is 12.3. The second kappa shape index (κ2) is 6.56. The Morgan fingerprint density at radius 1 is 0.625 bits per heavy atom. The maximum Gasteiger partial charge on any atom is 0.0610 e. The van der Waals surface area contributed by atoms with Gasteiger partial charge in [-0.15, -0.1) is 0 Å². The molecule has 0 aliphatic heterocycles. The lowest BCUT2D eigenvalue weighted by molar-refractivity contribution is 1.62. The molecule has 0 saturated heterocycles. The molecule has 0 bridgehead atoms. The summed E-state index contributed by atoms with van der Waals surface area (Å²) in [4.78, 5) is 0. The standard InChI is InChI=1S/C20H10Br4/c21-16(22)9-12-7-8-13(10-17(23)24)20-15-6-2-4-11-3-1-5-14(18(11)15)19(12)20/h1-10H. The van der Waals surface area contributed by atoms with E-state index in [1.165, 1.54) is 44.2 Å². The van der Waals surface area contributed by atoms with Gasteiger partial charge in [-0.1, -0.05) is 48.5 Å². The first kappa shape index (κ1) is 16.8. The molecule has 0 spiro atoms. The van der Waals surface area contributed by atoms with Gasteiger partial charge in [0, 0.05) is 0 Å². The molecule has 118 valence electrons. The molecule has 24 heavy (non-hydrogen) atoms. The Morgan fingerprint density at radius 3 is 1.50 bits per heavy atom. The molecule has 0 aromatic heterocycles. The molecular formula is C20H10Br4. The predicted octanol–water partition coefficient (Wildman–Crippen LogP) is 8.66. The van der Waals surface area contributed by atoms with E-state index < -0.39 is 0 Å². The molecule has 0 nitrogen and oxygen atoms in total. The molecule has 3 aromatic carbocycles. The predicted molar refractivity (Wildman–Crippen MR) is 120 cm³/mol. The van der Waals surface area contributed by atoms with Crippen LogP contribution in [0.2, 0.25) is 0 Å². The van der Waals surface area contributed by atoms with E-state index in [1.54, 1.807) is 0 Å². The van der Waals surface area contributed by atoms with Crippen LogP contribution < -0.4 is 0 Å². The fourth-order valence-electron chi connectivity index (χ4n) is 3.45. The van der Waals surface area contributed by atoms with Crippen LogP contribution in [0.25, 0.3) is 45.2 Å². The highest BCUT2D eigenvalue weighted by atomic mass is 79.9. The average Bonchev–Trinajstić information content (AvgIpc) is 2.87. The second-order valence-corrected chi connectivity index (χ2v) is 11.1. The van der Waals surface area contributed by atoms with Gasteiger partial charge in [0.05, 0.1) is 6.78 Å². The van der Waals surface area contributed by atoms with Gasteiger partial charge in [-0.2, -0.15) is 0 Å². The van der Waals surface area contributed by atoms with E-state index in [0.29, 0.717) is 0 Å². The lowest BCUT2D eigenvalue weighted by Crippen LogP contribution is -1.87. The van der Waals surface area contributed by atoms with Crippen molar-refractivity contribution in [3.05, 3.63) is 66.4 Å². The van der Waals surface area contributed by atoms with Gasteiger partial charge >= 0.3 is 0 Å². The Hall–Kier alpha value is -0.680. The minimum atomic E-state index is 0.935. The first-order chi connectivity index (χ1) is 11.6. The second-order valence-electron chi connectivity index (χ2n) is 5.57. The quantitative estimate of drug-likeness (QED) is 0.227. The molecule has 1 aliphatic carbocycles. The van der Waals surface area contributed by atoms with Crippen molar-refractivity contribution in [1.82, 2.24) is 0 Å². The molecule has 0 N–H and O–H groups in total. The highest BCUT2D eigenvalue weighted by molar-refractivity contribution is 9.28. The van der Waals surface area contributed by atoms with Crippen LogP contribution in [-0.4, -0.2) is 0 Å². The van der Waals surface area contributed by atoms with Crippen LogP contribution in [-0.2, 0) is 0 Å². The molecular weight excluding hydrogens is 560 g/mol. The first-order valence-electron chi connectivity index (χ1n) is 7.31. The SMILES string of the molecule is BrC(Br)=Cc1ccc(C=C(Br)Br)c2c1-c1cccc3cccc-2c13. The van der Waals surface area contributed by atoms with Crippen LogP contribution in [0, 0.1) is 0 Å². The fourth-order valence-corrected chi connectivity index (χ4v) is 4.44. The summed E-state index contributed by atoms with van der Waals surface area (Å²) in [5.74, 6) is 0. The van der Waals surface area contributed by atoms with Gasteiger partial charge in [-0.05, 0) is 120 Å². The normalized spacial score (nSPS) is 11.3. The highest BCUT2D eigenvalue weighted by Gasteiger charge is 2.25. The fraction of sp³-hybridized carbons (Fsp3) is 0. The summed E-state index contributed by atoms with van der Waals surface area (Å²) in [6.45, 7) is 0. The number of fused-ring (bicyclic) bond motifs is 3. The molecule has 1 aliphatic rings. The van der Waals surface area contributed by atoms with E-state index in [0.717, 1.165) is 6.78 Å². The van der Waals surface area contributed by atoms with Crippen molar-refractivity contribution >= 4 is 86.6 Å². The van der Waals surface area contributed by atoms with Gasteiger partial charge in [-0.3, -0.25) is 0 Å². The zero-order valence-corrected chi connectivity index (χ0v) is 18.6. The number of rotatable bonds is 2. The number of halogens is 4. The van der Waals surface area contributed by atoms with E-state index in [-0.39, 0.29) is 0 Å². The molecule has 0 fully saturated rings. The smallest absolute Gasteiger partial charge is 0.0610 e. The Kier molecular flexibility index (Phi) is 4.59. The van der Waals surface area contributed by atoms with Crippen molar-refractivity contribution in [2.45, 2.75) is 0 Å². The third-order valence-corrected chi connectivity index (χ3v) is 5.16. The lowest BCUT2D eigenvalue weighted by Gasteiger charge is -2.11. The Balaban J connectivity index is 2.18. The summed E-state index contributed by atoms with van der Waals surface area (Å²) in [6, 6.07) is 17.4. The summed E-state index contributed by atoms with van der Waals surface area (Å²) < 4.78 is 1.87. The first-order valence-corrected chi connectivity index (χ1v) is 10.5. The molecule has 0 heterocycles. The van der Waals surface area contributed by atoms with Crippen molar-refractivity contribution < 1.29 is 0 Å². The van der Waals surface area contributed by atoms with Crippen molar-refractivity contribution in [3.63, 3.8) is 0 Å². The van der Waals surface area contributed by atoms with Crippen LogP contribution in [0.1, 0.15) is 11.1 Å². The lowest BCUT2D eigenvalue weighted by atomic mass is 9.94. The molecule has 0 amide bonds. The molecule has 0 unspecified atom stereocenters. The maximum absolute atomic E-state index is 3.50. The summed E-state index contributed by atoms with van der Waals surface area (Å²) in [6.07, 6.45) is 4.22. The Morgan fingerprint density at radius 2 is 1.08 bits per heavy atom. The van der Waals surface area contributed by atoms with Crippen LogP contribution in [0.5, 0.6) is 0 Å². The van der Waals surface area contributed by atoms with Crippen molar-refractivity contribution in [1.29, 1.82) is 0 Å². The molecule has 0 atom stereocenters. The Labute approximate surface area is 174 Å². The van der Waals surface area contributed by atoms with Crippen molar-refractivity contribution in [3.8, 4) is 22.3 Å². The van der Waals surface area contributed by atoms with E-state index in [9.17, 15) is 0 Å². The van der Waals surface area contributed by atoms with Crippen LogP contribution in [0.4, 0.5) is 0 Å². The molecule has 4 heteroatoms. The molecule has 0 radical (unpaired) electrons. The molecule has 3 aromatic rings. The van der Waals surface area contributed by atoms with Crippen LogP contribution >= 0.6 is 63.7 Å². The van der Waals surface area contributed by atoms with Gasteiger partial charge in [0.15, 0.2) is 0 Å². The van der Waals surface area contributed by atoms with E-state index in [4.69, 9.17) is 0 Å². The highest BCUT2D eigenvalue weighted by Crippen LogP contribution is 2.51. The Bertz CT molecular complexity index is 957. The van der Waals surface area contributed by atoms with Crippen LogP contribution in [0.15, 0.2) is 55.3 Å². The number of hydrogen-bond acceptors (Lipinski definition) is 0. The van der Waals surface area contributed by atoms with Crippen molar-refractivity contribution in [2.75, 3.05) is 0 Å². The topological polar surface area (TPSA) is 0 Å². The van der Waals surface area contributed by atoms with E-state index in [1.807, 2.05) is 0 Å². The summed E-state index contributed by atoms with van der Waals surface area (Å²) in [5, 5.41) is 2.61. The minimum Gasteiger partial charge on any atom is -0.0610 e. The maximum atomic E-state index is 3.50. The van der Waals surface area contributed by atoms with Crippen molar-refractivity contribution in [2.24, 2.45) is 0 Å². The number of hydrogen-bond donors (Lipinski definition) is 0. The van der Waals surface area contributed by atoms with E-state index >= 15 is 0 Å². The minimum absolute atomic E-state index is 0.935. The third-order valence-electron chi connectivity index (χ3n) is 4.24. The third kappa shape index (κ3) is 2.78. The van der Waals surface area contributed by atoms with Gasteiger partial charge in [0.25, 0.3) is 0 Å². The van der Waals surface area contributed by atoms with Crippen LogP contribution in [0.3, 0.4) is 0 Å². The summed E-state index contributed by atoms with van der Waals surface area (Å²) in [5.41, 5.74) is 7.56. The molecule has 4 rings (SSSR count). The van der Waals surface area contributed by atoms with E-state index in [2.05, 4.69) is 124 Å². The monoisotopic (exact) mass is 566 g/mol. The largest absolute Gasteiger partial charge is 0.0610 e. The average molecular weight is 570 g/mol. The van der Waals surface area contributed by atoms with Gasteiger partial charge in [-0.25, -0.2) is 0 Å². The van der Waals surface area contributed by atoms with Gasteiger partial charge in [0.2, 0.25) is 0 Å². The van der Waals surface area contributed by atoms with Gasteiger partial charge < -0.3 is 0 Å².